The maximum Gasteiger partial charge on any atom is 0.421 e. The first-order chi connectivity index (χ1) is 8.86. The van der Waals surface area contributed by atoms with Crippen LogP contribution in [0.15, 0.2) is 6.20 Å². The van der Waals surface area contributed by atoms with Crippen molar-refractivity contribution in [1.82, 2.24) is 9.97 Å². The molecule has 1 aromatic heterocycles. The Morgan fingerprint density at radius 1 is 1.26 bits per heavy atom. The number of anilines is 2. The Hall–Kier alpha value is -1.57. The summed E-state index contributed by atoms with van der Waals surface area (Å²) in [4.78, 5) is 7.00. The van der Waals surface area contributed by atoms with Gasteiger partial charge < -0.3 is 16.2 Å². The highest BCUT2D eigenvalue weighted by atomic mass is 19.4. The second-order valence-corrected chi connectivity index (χ2v) is 4.64. The molecule has 2 rings (SSSR count). The molecule has 0 spiro atoms. The van der Waals surface area contributed by atoms with E-state index in [0.717, 1.165) is 0 Å². The predicted octanol–water partition coefficient (Wildman–Crippen LogP) is 1.79. The minimum Gasteiger partial charge on any atom is -0.393 e. The molecule has 8 heteroatoms. The zero-order valence-corrected chi connectivity index (χ0v) is 10.1. The molecular weight excluding hydrogens is 261 g/mol. The summed E-state index contributed by atoms with van der Waals surface area (Å²) in [6.45, 7) is 0. The summed E-state index contributed by atoms with van der Waals surface area (Å²) in [5.74, 6) is -0.493. The van der Waals surface area contributed by atoms with Crippen molar-refractivity contribution in [2.75, 3.05) is 11.1 Å². The van der Waals surface area contributed by atoms with Gasteiger partial charge in [0.15, 0.2) is 0 Å². The lowest BCUT2D eigenvalue weighted by atomic mass is 9.93. The van der Waals surface area contributed by atoms with Crippen LogP contribution in [-0.2, 0) is 6.18 Å². The van der Waals surface area contributed by atoms with Crippen molar-refractivity contribution in [2.24, 2.45) is 0 Å². The van der Waals surface area contributed by atoms with Crippen LogP contribution in [0, 0.1) is 0 Å². The maximum atomic E-state index is 12.8. The van der Waals surface area contributed by atoms with Crippen molar-refractivity contribution in [1.29, 1.82) is 0 Å². The average Bonchev–Trinajstić information content (AvgIpc) is 2.30. The summed E-state index contributed by atoms with van der Waals surface area (Å²) in [6.07, 6.45) is -1.87. The molecule has 1 aromatic rings. The summed E-state index contributed by atoms with van der Waals surface area (Å²) < 4.78 is 38.4. The number of hydrogen-bond acceptors (Lipinski definition) is 5. The Balaban J connectivity index is 2.17. The van der Waals surface area contributed by atoms with E-state index in [4.69, 9.17) is 5.73 Å². The molecule has 0 atom stereocenters. The molecule has 0 aromatic carbocycles. The van der Waals surface area contributed by atoms with Gasteiger partial charge in [-0.3, -0.25) is 0 Å². The second-order valence-electron chi connectivity index (χ2n) is 4.64. The number of rotatable bonds is 2. The first-order valence-electron chi connectivity index (χ1n) is 6.00. The molecule has 106 valence electrons. The zero-order chi connectivity index (χ0) is 14.0. The summed E-state index contributed by atoms with van der Waals surface area (Å²) in [6, 6.07) is -0.140. The Bertz CT molecular complexity index is 444. The van der Waals surface area contributed by atoms with E-state index in [-0.39, 0.29) is 23.9 Å². The lowest BCUT2D eigenvalue weighted by Gasteiger charge is -2.27. The number of aromatic nitrogens is 2. The van der Waals surface area contributed by atoms with Crippen LogP contribution in [0.2, 0.25) is 0 Å². The van der Waals surface area contributed by atoms with Crippen molar-refractivity contribution in [3.05, 3.63) is 11.8 Å². The van der Waals surface area contributed by atoms with Crippen LogP contribution in [-0.4, -0.2) is 27.2 Å². The standard InChI is InChI=1S/C11H15F3N4O/c12-11(13,14)8-5-16-10(15)18-9(8)17-6-1-3-7(19)4-2-6/h5-7,19H,1-4H2,(H3,15,16,17,18). The van der Waals surface area contributed by atoms with E-state index in [2.05, 4.69) is 15.3 Å². The topological polar surface area (TPSA) is 84.1 Å². The van der Waals surface area contributed by atoms with Gasteiger partial charge in [-0.2, -0.15) is 18.2 Å². The normalized spacial score (nSPS) is 24.2. The maximum absolute atomic E-state index is 12.8. The van der Waals surface area contributed by atoms with Crippen LogP contribution >= 0.6 is 0 Å². The number of nitrogens with zero attached hydrogens (tertiary/aromatic N) is 2. The average molecular weight is 276 g/mol. The number of halogens is 3. The van der Waals surface area contributed by atoms with Gasteiger partial charge in [-0.05, 0) is 25.7 Å². The van der Waals surface area contributed by atoms with E-state index < -0.39 is 11.7 Å². The highest BCUT2D eigenvalue weighted by Crippen LogP contribution is 2.34. The van der Waals surface area contributed by atoms with E-state index in [0.29, 0.717) is 31.9 Å². The van der Waals surface area contributed by atoms with Gasteiger partial charge >= 0.3 is 6.18 Å². The van der Waals surface area contributed by atoms with Crippen LogP contribution < -0.4 is 11.1 Å². The SMILES string of the molecule is Nc1ncc(C(F)(F)F)c(NC2CCC(O)CC2)n1. The fourth-order valence-electron chi connectivity index (χ4n) is 2.13. The Kier molecular flexibility index (Phi) is 3.79. The molecule has 1 heterocycles. The van der Waals surface area contributed by atoms with E-state index in [9.17, 15) is 18.3 Å². The third kappa shape index (κ3) is 3.46. The number of nitrogens with two attached hydrogens (primary N) is 1. The van der Waals surface area contributed by atoms with E-state index in [1.165, 1.54) is 0 Å². The third-order valence-corrected chi connectivity index (χ3v) is 3.15. The van der Waals surface area contributed by atoms with Gasteiger partial charge in [0.05, 0.1) is 6.10 Å². The molecular formula is C11H15F3N4O. The van der Waals surface area contributed by atoms with Crippen LogP contribution in [0.3, 0.4) is 0 Å². The lowest BCUT2D eigenvalue weighted by Crippen LogP contribution is -2.29. The quantitative estimate of drug-likeness (QED) is 0.767. The molecule has 19 heavy (non-hydrogen) atoms. The van der Waals surface area contributed by atoms with Crippen LogP contribution in [0.5, 0.6) is 0 Å². The number of aliphatic hydroxyl groups is 1. The van der Waals surface area contributed by atoms with Crippen molar-refractivity contribution < 1.29 is 18.3 Å². The second kappa shape index (κ2) is 5.20. The van der Waals surface area contributed by atoms with Gasteiger partial charge in [-0.15, -0.1) is 0 Å². The summed E-state index contributed by atoms with van der Waals surface area (Å²) in [5.41, 5.74) is 4.41. The molecule has 0 unspecified atom stereocenters. The van der Waals surface area contributed by atoms with E-state index in [1.54, 1.807) is 0 Å². The molecule has 0 radical (unpaired) electrons. The van der Waals surface area contributed by atoms with Gasteiger partial charge in [0.1, 0.15) is 11.4 Å². The number of nitrogens with one attached hydrogen (secondary N) is 1. The van der Waals surface area contributed by atoms with Crippen LogP contribution in [0.25, 0.3) is 0 Å². The predicted molar refractivity (Wildman–Crippen MR) is 63.3 cm³/mol. The summed E-state index contributed by atoms with van der Waals surface area (Å²) >= 11 is 0. The summed E-state index contributed by atoms with van der Waals surface area (Å²) in [5, 5.41) is 12.1. The largest absolute Gasteiger partial charge is 0.421 e. The Morgan fingerprint density at radius 3 is 2.47 bits per heavy atom. The Morgan fingerprint density at radius 2 is 1.89 bits per heavy atom. The first kappa shape index (κ1) is 13.9. The molecule has 1 fully saturated rings. The molecule has 1 saturated carbocycles. The van der Waals surface area contributed by atoms with Crippen LogP contribution in [0.4, 0.5) is 24.9 Å². The smallest absolute Gasteiger partial charge is 0.393 e. The van der Waals surface area contributed by atoms with Gasteiger partial charge in [0.2, 0.25) is 5.95 Å². The highest BCUT2D eigenvalue weighted by molar-refractivity contribution is 5.48. The van der Waals surface area contributed by atoms with Crippen molar-refractivity contribution in [2.45, 2.75) is 44.0 Å². The van der Waals surface area contributed by atoms with Crippen LogP contribution in [0.1, 0.15) is 31.2 Å². The molecule has 1 aliphatic carbocycles. The molecule has 1 aliphatic rings. The molecule has 0 amide bonds. The lowest BCUT2D eigenvalue weighted by molar-refractivity contribution is -0.137. The molecule has 0 saturated heterocycles. The molecule has 4 N–H and O–H groups in total. The number of hydrogen-bond donors (Lipinski definition) is 3. The number of alkyl halides is 3. The zero-order valence-electron chi connectivity index (χ0n) is 10.1. The summed E-state index contributed by atoms with van der Waals surface area (Å²) in [7, 11) is 0. The van der Waals surface area contributed by atoms with Gasteiger partial charge in [-0.1, -0.05) is 0 Å². The van der Waals surface area contributed by atoms with Gasteiger partial charge in [-0.25, -0.2) is 4.98 Å². The molecule has 0 bridgehead atoms. The Labute approximate surface area is 108 Å². The fraction of sp³-hybridized carbons (Fsp3) is 0.636. The molecule has 5 nitrogen and oxygen atoms in total. The monoisotopic (exact) mass is 276 g/mol. The fourth-order valence-corrected chi connectivity index (χ4v) is 2.13. The number of aliphatic hydroxyl groups excluding tert-OH is 1. The van der Waals surface area contributed by atoms with E-state index >= 15 is 0 Å². The van der Waals surface area contributed by atoms with Crippen molar-refractivity contribution in [3.8, 4) is 0 Å². The molecule has 0 aliphatic heterocycles. The van der Waals surface area contributed by atoms with Gasteiger partial charge in [0, 0.05) is 12.2 Å². The minimum absolute atomic E-state index is 0.140. The highest BCUT2D eigenvalue weighted by Gasteiger charge is 2.36. The van der Waals surface area contributed by atoms with Crippen molar-refractivity contribution in [3.63, 3.8) is 0 Å². The first-order valence-corrected chi connectivity index (χ1v) is 6.00. The van der Waals surface area contributed by atoms with Gasteiger partial charge in [0.25, 0.3) is 0 Å². The number of nitrogen functional groups attached to an aromatic ring is 1. The minimum atomic E-state index is -4.52. The third-order valence-electron chi connectivity index (χ3n) is 3.15. The van der Waals surface area contributed by atoms with E-state index in [1.807, 2.05) is 0 Å². The van der Waals surface area contributed by atoms with Crippen molar-refractivity contribution >= 4 is 11.8 Å².